The van der Waals surface area contributed by atoms with Gasteiger partial charge in [-0.15, -0.1) is 0 Å². The lowest BCUT2D eigenvalue weighted by Crippen LogP contribution is -2.54. The molecular weight excluding hydrogens is 333 g/mol. The zero-order chi connectivity index (χ0) is 17.3. The molecule has 0 fully saturated rings. The molecule has 124 valence electrons. The minimum Gasteiger partial charge on any atom is -0.534 e. The molecule has 0 unspecified atom stereocenters. The van der Waals surface area contributed by atoms with Crippen molar-refractivity contribution in [1.29, 1.82) is 0 Å². The van der Waals surface area contributed by atoms with Gasteiger partial charge >= 0.3 is 7.12 Å². The molecule has 1 aromatic heterocycles. The molecule has 0 bridgehead atoms. The van der Waals surface area contributed by atoms with Crippen molar-refractivity contribution < 1.29 is 19.7 Å². The molecule has 0 aliphatic carbocycles. The second kappa shape index (κ2) is 6.45. The molecule has 1 amide bonds. The van der Waals surface area contributed by atoms with Gasteiger partial charge in [-0.2, -0.15) is 9.36 Å². The van der Waals surface area contributed by atoms with Crippen LogP contribution in [0.25, 0.3) is 0 Å². The first-order valence-corrected chi connectivity index (χ1v) is 7.82. The van der Waals surface area contributed by atoms with E-state index in [1.807, 2.05) is 25.1 Å². The molecule has 1 aliphatic rings. The van der Waals surface area contributed by atoms with Crippen LogP contribution in [0.15, 0.2) is 23.4 Å². The number of hydrogen-bond donors (Lipinski definition) is 4. The average molecular weight is 347 g/mol. The van der Waals surface area contributed by atoms with E-state index in [1.54, 1.807) is 0 Å². The first kappa shape index (κ1) is 16.2. The maximum atomic E-state index is 12.3. The Morgan fingerprint density at radius 2 is 2.38 bits per heavy atom. The van der Waals surface area contributed by atoms with E-state index in [4.69, 9.17) is 15.6 Å². The number of benzene rings is 1. The lowest BCUT2D eigenvalue weighted by molar-refractivity contribution is -0.115. The van der Waals surface area contributed by atoms with E-state index in [0.29, 0.717) is 12.2 Å². The van der Waals surface area contributed by atoms with Gasteiger partial charge in [-0.1, -0.05) is 23.4 Å². The van der Waals surface area contributed by atoms with Gasteiger partial charge in [0.25, 0.3) is 5.91 Å². The van der Waals surface area contributed by atoms with Gasteiger partial charge in [0.15, 0.2) is 5.13 Å². The number of nitrogens with zero attached hydrogens (tertiary/aromatic N) is 3. The largest absolute Gasteiger partial charge is 0.547 e. The van der Waals surface area contributed by atoms with Crippen LogP contribution in [0.3, 0.4) is 0 Å². The van der Waals surface area contributed by atoms with Gasteiger partial charge < -0.3 is 25.9 Å². The maximum absolute atomic E-state index is 12.3. The SMILES string of the molecule is Cc1cccc2c1OB(O)[C@@H](NC(=O)/C(=N\O)c1nsc(N)n1)C2. The number of fused-ring (bicyclic) bond motifs is 1. The molecule has 0 saturated heterocycles. The molecule has 1 atom stereocenters. The minimum atomic E-state index is -1.23. The standard InChI is InChI=1S/C13H14BN5O4S/c1-6-3-2-4-7-5-8(14(21)23-10(6)7)16-12(20)9(18-22)11-17-13(15)24-19-11/h2-4,8,21-22H,5H2,1H3,(H,16,20)(H2,15,17,19)/b18-9-/t8-/m0/s1. The predicted molar refractivity (Wildman–Crippen MR) is 88.1 cm³/mol. The molecule has 0 saturated carbocycles. The van der Waals surface area contributed by atoms with Crippen molar-refractivity contribution in [2.45, 2.75) is 19.3 Å². The topological polar surface area (TPSA) is 143 Å². The normalized spacial score (nSPS) is 17.2. The molecule has 9 nitrogen and oxygen atoms in total. The molecule has 5 N–H and O–H groups in total. The second-order valence-corrected chi connectivity index (χ2v) is 6.04. The third-order valence-corrected chi connectivity index (χ3v) is 4.14. The van der Waals surface area contributed by atoms with Crippen LogP contribution in [0.4, 0.5) is 5.13 Å². The number of nitrogen functional groups attached to an aromatic ring is 1. The molecule has 1 aliphatic heterocycles. The van der Waals surface area contributed by atoms with Gasteiger partial charge in [-0.3, -0.25) is 4.79 Å². The fraction of sp³-hybridized carbons (Fsp3) is 0.231. The number of para-hydroxylation sites is 1. The Bertz CT molecular complexity index is 811. The van der Waals surface area contributed by atoms with Crippen molar-refractivity contribution in [3.8, 4) is 5.75 Å². The van der Waals surface area contributed by atoms with Gasteiger partial charge in [0.1, 0.15) is 5.75 Å². The predicted octanol–water partition coefficient (Wildman–Crippen LogP) is -0.253. The van der Waals surface area contributed by atoms with Crippen molar-refractivity contribution in [3.05, 3.63) is 35.2 Å². The van der Waals surface area contributed by atoms with Crippen molar-refractivity contribution in [2.75, 3.05) is 5.73 Å². The fourth-order valence-corrected chi connectivity index (χ4v) is 2.90. The number of aryl methyl sites for hydroxylation is 1. The lowest BCUT2D eigenvalue weighted by Gasteiger charge is -2.28. The average Bonchev–Trinajstić information content (AvgIpc) is 2.96. The molecule has 3 rings (SSSR count). The number of aromatic nitrogens is 2. The first-order valence-electron chi connectivity index (χ1n) is 7.05. The van der Waals surface area contributed by atoms with Crippen LogP contribution >= 0.6 is 11.5 Å². The van der Waals surface area contributed by atoms with Crippen LogP contribution in [0.2, 0.25) is 0 Å². The Morgan fingerprint density at radius 1 is 1.58 bits per heavy atom. The molecule has 0 spiro atoms. The lowest BCUT2D eigenvalue weighted by atomic mass is 9.72. The quantitative estimate of drug-likeness (QED) is 0.259. The number of amides is 1. The number of nitrogens with two attached hydrogens (primary N) is 1. The summed E-state index contributed by atoms with van der Waals surface area (Å²) < 4.78 is 9.32. The molecule has 2 heterocycles. The fourth-order valence-electron chi connectivity index (χ4n) is 2.47. The monoisotopic (exact) mass is 347 g/mol. The Hall–Kier alpha value is -2.66. The molecule has 1 aromatic carbocycles. The number of nitrogens with one attached hydrogen (secondary N) is 1. The molecular formula is C13H14BN5O4S. The second-order valence-electron chi connectivity index (χ2n) is 5.26. The summed E-state index contributed by atoms with van der Waals surface area (Å²) in [7, 11) is -1.23. The number of carbonyl (C=O) groups is 1. The Balaban J connectivity index is 1.77. The van der Waals surface area contributed by atoms with Crippen LogP contribution in [-0.2, 0) is 11.2 Å². The summed E-state index contributed by atoms with van der Waals surface area (Å²) in [5, 5.41) is 24.8. The van der Waals surface area contributed by atoms with Crippen LogP contribution < -0.4 is 15.7 Å². The zero-order valence-corrected chi connectivity index (χ0v) is 13.4. The van der Waals surface area contributed by atoms with E-state index >= 15 is 0 Å². The Morgan fingerprint density at radius 3 is 3.04 bits per heavy atom. The van der Waals surface area contributed by atoms with Crippen LogP contribution in [0.5, 0.6) is 5.75 Å². The van der Waals surface area contributed by atoms with Gasteiger partial charge in [0.05, 0.1) is 5.94 Å². The smallest absolute Gasteiger partial charge is 0.534 e. The summed E-state index contributed by atoms with van der Waals surface area (Å²) >= 11 is 0.875. The number of hydrogen-bond acceptors (Lipinski definition) is 9. The molecule has 24 heavy (non-hydrogen) atoms. The highest BCUT2D eigenvalue weighted by Gasteiger charge is 2.37. The van der Waals surface area contributed by atoms with E-state index in [1.165, 1.54) is 0 Å². The van der Waals surface area contributed by atoms with Crippen LogP contribution in [0.1, 0.15) is 17.0 Å². The number of oxime groups is 1. The highest BCUT2D eigenvalue weighted by Crippen LogP contribution is 2.29. The molecule has 2 aromatic rings. The summed E-state index contributed by atoms with van der Waals surface area (Å²) in [6.45, 7) is 1.87. The number of rotatable bonds is 3. The van der Waals surface area contributed by atoms with E-state index in [0.717, 1.165) is 22.7 Å². The van der Waals surface area contributed by atoms with Gasteiger partial charge in [0.2, 0.25) is 11.5 Å². The summed E-state index contributed by atoms with van der Waals surface area (Å²) in [5.41, 5.74) is 6.84. The third kappa shape index (κ3) is 3.03. The van der Waals surface area contributed by atoms with Gasteiger partial charge in [-0.25, -0.2) is 0 Å². The summed E-state index contributed by atoms with van der Waals surface area (Å²) in [6.07, 6.45) is 0.370. The van der Waals surface area contributed by atoms with E-state index in [-0.39, 0.29) is 16.7 Å². The van der Waals surface area contributed by atoms with Crippen molar-refractivity contribution in [1.82, 2.24) is 14.7 Å². The van der Waals surface area contributed by atoms with E-state index < -0.39 is 19.0 Å². The Kier molecular flexibility index (Phi) is 4.36. The van der Waals surface area contributed by atoms with Gasteiger partial charge in [0, 0.05) is 11.5 Å². The van der Waals surface area contributed by atoms with E-state index in [9.17, 15) is 9.82 Å². The van der Waals surface area contributed by atoms with E-state index in [2.05, 4.69) is 19.8 Å². The maximum Gasteiger partial charge on any atom is 0.547 e. The van der Waals surface area contributed by atoms with Crippen molar-refractivity contribution >= 4 is 35.4 Å². The summed E-state index contributed by atoms with van der Waals surface area (Å²) in [4.78, 5) is 16.1. The summed E-state index contributed by atoms with van der Waals surface area (Å²) in [6, 6.07) is 5.60. The van der Waals surface area contributed by atoms with Gasteiger partial charge in [-0.05, 0) is 24.5 Å². The van der Waals surface area contributed by atoms with Crippen LogP contribution in [-0.4, -0.2) is 44.3 Å². The third-order valence-electron chi connectivity index (χ3n) is 3.60. The zero-order valence-electron chi connectivity index (χ0n) is 12.6. The minimum absolute atomic E-state index is 0.0834. The highest BCUT2D eigenvalue weighted by molar-refractivity contribution is 7.09. The number of carbonyl (C=O) groups excluding carboxylic acids is 1. The van der Waals surface area contributed by atoms with Crippen LogP contribution in [0, 0.1) is 6.92 Å². The van der Waals surface area contributed by atoms with Crippen molar-refractivity contribution in [3.63, 3.8) is 0 Å². The summed E-state index contributed by atoms with van der Waals surface area (Å²) in [5.74, 6) is -0.918. The number of anilines is 1. The molecule has 0 radical (unpaired) electrons. The molecule has 11 heteroatoms. The highest BCUT2D eigenvalue weighted by atomic mass is 32.1. The Labute approximate surface area is 141 Å². The van der Waals surface area contributed by atoms with Crippen molar-refractivity contribution in [2.24, 2.45) is 5.16 Å². The first-order chi connectivity index (χ1) is 11.5.